The topological polar surface area (TPSA) is 225 Å². The van der Waals surface area contributed by atoms with Crippen molar-refractivity contribution in [3.8, 4) is 0 Å². The van der Waals surface area contributed by atoms with Crippen molar-refractivity contribution in [2.75, 3.05) is 48.3 Å². The SMILES string of the molecule is O=C(O)CCCN(CCCS(=O)(=O)O)c1ccc(C2C(=O)C(=C3C=CC(=[N+](CCCSOOO)CCCS(=O)(=O)O)C=C3)C2=O)cc1. The third-order valence-electron chi connectivity index (χ3n) is 7.34. The number of allylic oxidation sites excluding steroid dienone is 6. The second kappa shape index (κ2) is 17.8. The molecule has 1 aromatic rings. The van der Waals surface area contributed by atoms with Gasteiger partial charge in [0.25, 0.3) is 20.2 Å². The number of carboxylic acid groups (broad SMARTS) is 1. The first-order chi connectivity index (χ1) is 22.2. The highest BCUT2D eigenvalue weighted by Crippen LogP contribution is 2.37. The van der Waals surface area contributed by atoms with Gasteiger partial charge in [-0.25, -0.2) is 9.83 Å². The zero-order valence-electron chi connectivity index (χ0n) is 25.3. The fourth-order valence-electron chi connectivity index (χ4n) is 5.16. The summed E-state index contributed by atoms with van der Waals surface area (Å²) < 4.78 is 69.0. The van der Waals surface area contributed by atoms with Crippen molar-refractivity contribution in [3.63, 3.8) is 0 Å². The van der Waals surface area contributed by atoms with Crippen LogP contribution in [0.3, 0.4) is 0 Å². The van der Waals surface area contributed by atoms with E-state index in [4.69, 9.17) is 19.5 Å². The van der Waals surface area contributed by atoms with Crippen LogP contribution in [-0.2, 0) is 44.0 Å². The Labute approximate surface area is 276 Å². The van der Waals surface area contributed by atoms with E-state index in [1.807, 2.05) is 4.58 Å². The van der Waals surface area contributed by atoms with Crippen LogP contribution in [0.2, 0.25) is 0 Å². The summed E-state index contributed by atoms with van der Waals surface area (Å²) in [4.78, 5) is 39.1. The summed E-state index contributed by atoms with van der Waals surface area (Å²) >= 11 is 0.881. The van der Waals surface area contributed by atoms with Gasteiger partial charge in [-0.15, -0.1) is 4.33 Å². The molecule has 4 N–H and O–H groups in total. The zero-order chi connectivity index (χ0) is 34.6. The lowest BCUT2D eigenvalue weighted by molar-refractivity contribution is -0.526. The molecule has 0 unspecified atom stereocenters. The van der Waals surface area contributed by atoms with Crippen molar-refractivity contribution in [2.45, 2.75) is 38.0 Å². The maximum atomic E-state index is 13.2. The van der Waals surface area contributed by atoms with Gasteiger partial charge in [-0.05, 0) is 48.3 Å². The van der Waals surface area contributed by atoms with Crippen LogP contribution in [0.1, 0.15) is 43.6 Å². The van der Waals surface area contributed by atoms with Crippen LogP contribution in [0.5, 0.6) is 0 Å². The molecule has 1 saturated carbocycles. The van der Waals surface area contributed by atoms with E-state index < -0.39 is 43.6 Å². The average molecular weight is 718 g/mol. The molecular weight excluding hydrogens is 681 g/mol. The van der Waals surface area contributed by atoms with Gasteiger partial charge in [0.05, 0.1) is 17.1 Å². The quantitative estimate of drug-likeness (QED) is 0.0175. The average Bonchev–Trinajstić information content (AvgIpc) is 2.99. The first-order valence-electron chi connectivity index (χ1n) is 14.6. The maximum absolute atomic E-state index is 13.2. The van der Waals surface area contributed by atoms with E-state index >= 15 is 0 Å². The highest BCUT2D eigenvalue weighted by Gasteiger charge is 2.46. The molecule has 18 heteroatoms. The standard InChI is InChI=1S/C29H36N2O13S3/c32-25(33)5-1-14-30(16-3-19-46(37,38)39)23-10-6-21(7-11-23)26-28(34)27(29(26)35)22-8-12-24(13-9-22)31(15-2-18-45-44-43-36)17-4-20-47(40,41)42/h6-13,26H,1-5,14-20H2,(H3-,32,33,36,37,38,39,40,41,42)/p+1. The predicted octanol–water partition coefficient (Wildman–Crippen LogP) is 2.48. The molecule has 1 aromatic carbocycles. The number of anilines is 1. The Bertz CT molecular complexity index is 1610. The van der Waals surface area contributed by atoms with Crippen molar-refractivity contribution < 1.29 is 64.6 Å². The van der Waals surface area contributed by atoms with Crippen LogP contribution in [0, 0.1) is 0 Å². The number of hydrogen-bond acceptors (Lipinski definition) is 12. The van der Waals surface area contributed by atoms with Gasteiger partial charge in [-0.1, -0.05) is 17.2 Å². The highest BCUT2D eigenvalue weighted by atomic mass is 32.2. The molecule has 1 fully saturated rings. The number of rotatable bonds is 20. The number of ketones is 2. The number of nitrogens with zero attached hydrogens (tertiary/aromatic N) is 2. The number of benzene rings is 1. The number of carboxylic acids is 1. The molecule has 0 atom stereocenters. The second-order valence-corrected chi connectivity index (χ2v) is 14.7. The van der Waals surface area contributed by atoms with Gasteiger partial charge in [0, 0.05) is 68.0 Å². The van der Waals surface area contributed by atoms with E-state index in [0.29, 0.717) is 60.8 Å². The Balaban J connectivity index is 1.72. The summed E-state index contributed by atoms with van der Waals surface area (Å²) in [6.07, 6.45) is 7.74. The zero-order valence-corrected chi connectivity index (χ0v) is 27.7. The Morgan fingerprint density at radius 2 is 1.43 bits per heavy atom. The molecule has 0 aliphatic heterocycles. The van der Waals surface area contributed by atoms with E-state index in [2.05, 4.69) is 9.37 Å². The van der Waals surface area contributed by atoms with Gasteiger partial charge >= 0.3 is 5.97 Å². The largest absolute Gasteiger partial charge is 0.481 e. The summed E-state index contributed by atoms with van der Waals surface area (Å²) in [6.45, 7) is 1.32. The second-order valence-electron chi connectivity index (χ2n) is 10.7. The highest BCUT2D eigenvalue weighted by molar-refractivity contribution is 7.94. The molecule has 15 nitrogen and oxygen atoms in total. The van der Waals surface area contributed by atoms with E-state index in [1.54, 1.807) is 53.5 Å². The summed E-state index contributed by atoms with van der Waals surface area (Å²) in [6, 6.07) is 6.61. The molecule has 0 spiro atoms. The van der Waals surface area contributed by atoms with Crippen LogP contribution in [0.15, 0.2) is 59.7 Å². The Morgan fingerprint density at radius 1 is 0.851 bits per heavy atom. The van der Waals surface area contributed by atoms with Gasteiger partial charge < -0.3 is 10.0 Å². The van der Waals surface area contributed by atoms with Crippen molar-refractivity contribution >= 4 is 61.2 Å². The van der Waals surface area contributed by atoms with Crippen molar-refractivity contribution in [3.05, 3.63) is 65.3 Å². The molecule has 3 rings (SSSR count). The minimum Gasteiger partial charge on any atom is -0.481 e. The van der Waals surface area contributed by atoms with Crippen molar-refractivity contribution in [2.24, 2.45) is 0 Å². The normalized spacial score (nSPS) is 16.5. The number of aliphatic carboxylic acids is 1. The minimum atomic E-state index is -4.16. The van der Waals surface area contributed by atoms with E-state index in [-0.39, 0.29) is 42.9 Å². The minimum absolute atomic E-state index is 0.0570. The van der Waals surface area contributed by atoms with Gasteiger partial charge in [-0.2, -0.15) is 16.8 Å². The lowest BCUT2D eigenvalue weighted by Crippen LogP contribution is -2.39. The molecule has 0 saturated heterocycles. The molecule has 0 heterocycles. The monoisotopic (exact) mass is 717 g/mol. The Kier molecular flexibility index (Phi) is 14.5. The van der Waals surface area contributed by atoms with Gasteiger partial charge in [-0.3, -0.25) is 23.5 Å². The van der Waals surface area contributed by atoms with Gasteiger partial charge in [0.1, 0.15) is 19.0 Å². The number of hydrogen-bond donors (Lipinski definition) is 4. The van der Waals surface area contributed by atoms with Crippen LogP contribution < -0.4 is 4.90 Å². The third kappa shape index (κ3) is 12.4. The molecule has 2 aliphatic rings. The smallest absolute Gasteiger partial charge is 0.303 e. The van der Waals surface area contributed by atoms with Crippen LogP contribution in [0.25, 0.3) is 0 Å². The summed E-state index contributed by atoms with van der Waals surface area (Å²) in [7, 11) is -8.29. The van der Waals surface area contributed by atoms with Crippen molar-refractivity contribution in [1.82, 2.24) is 0 Å². The first kappa shape index (κ1) is 38.2. The lowest BCUT2D eigenvalue weighted by Gasteiger charge is -2.29. The third-order valence-corrected chi connectivity index (χ3v) is 9.57. The fraction of sp³-hybridized carbons (Fsp3) is 0.448. The molecule has 0 radical (unpaired) electrons. The Hall–Kier alpha value is -3.23. The number of carbonyl (C=O) groups is 3. The van der Waals surface area contributed by atoms with E-state index in [9.17, 15) is 31.2 Å². The Morgan fingerprint density at radius 3 is 2.00 bits per heavy atom. The molecule has 258 valence electrons. The molecule has 0 bridgehead atoms. The molecular formula is C29H37N2O13S3+. The summed E-state index contributed by atoms with van der Waals surface area (Å²) in [5, 5.41) is 20.8. The van der Waals surface area contributed by atoms with E-state index in [0.717, 1.165) is 12.0 Å². The molecule has 2 aliphatic carbocycles. The molecule has 0 aromatic heterocycles. The van der Waals surface area contributed by atoms with Crippen molar-refractivity contribution in [1.29, 1.82) is 0 Å². The fourth-order valence-corrected chi connectivity index (χ4v) is 6.51. The van der Waals surface area contributed by atoms with Crippen LogP contribution in [-0.4, -0.2) is 108 Å². The predicted molar refractivity (Wildman–Crippen MR) is 173 cm³/mol. The maximum Gasteiger partial charge on any atom is 0.303 e. The van der Waals surface area contributed by atoms with Crippen LogP contribution >= 0.6 is 12.0 Å². The molecule has 47 heavy (non-hydrogen) atoms. The number of carbonyl (C=O) groups excluding carboxylic acids is 2. The summed E-state index contributed by atoms with van der Waals surface area (Å²) in [5.74, 6) is -3.08. The van der Waals surface area contributed by atoms with Crippen LogP contribution in [0.4, 0.5) is 5.69 Å². The van der Waals surface area contributed by atoms with E-state index in [1.165, 1.54) is 0 Å². The van der Waals surface area contributed by atoms with Gasteiger partial charge in [0.15, 0.2) is 17.3 Å². The lowest BCUT2D eigenvalue weighted by atomic mass is 9.70. The van der Waals surface area contributed by atoms with Gasteiger partial charge in [0.2, 0.25) is 0 Å². The summed E-state index contributed by atoms with van der Waals surface area (Å²) in [5.41, 5.74) is 2.31. The molecule has 0 amide bonds. The number of Topliss-reactive ketones (excluding diaryl/α,β-unsaturated/α-hetero) is 2. The first-order valence-corrected chi connectivity index (χ1v) is 18.7.